The van der Waals surface area contributed by atoms with Gasteiger partial charge < -0.3 is 23.7 Å². The molecule has 8 aromatic carbocycles. The zero-order valence-electron chi connectivity index (χ0n) is 68.3. The van der Waals surface area contributed by atoms with Gasteiger partial charge >= 0.3 is 69.7 Å². The van der Waals surface area contributed by atoms with Gasteiger partial charge in [0.15, 0.2) is 0 Å². The number of carbonyl (C=O) groups is 2. The Morgan fingerprint density at radius 1 is 0.457 bits per heavy atom. The van der Waals surface area contributed by atoms with Crippen LogP contribution in [0.5, 0.6) is 0 Å². The van der Waals surface area contributed by atoms with Crippen LogP contribution in [-0.4, -0.2) is 55.2 Å². The molecule has 8 aliphatic carbocycles. The van der Waals surface area contributed by atoms with E-state index in [0.29, 0.717) is 46.9 Å². The van der Waals surface area contributed by atoms with Crippen LogP contribution in [0, 0.1) is 57.2 Å². The standard InChI is InChI=1S/C30H40O2.C22H29F3O5S.2C18H15P.C9H13BO2.2ClH.Pd/c1-19(2)21-6-8-22(9-7-21)26-12-13-27-25-11-10-23-18-24(32-20(3)31)14-16-29(23,4)28(25)15-17-30(26,27)5;1-13(26)29-15-8-10-20(2)14(12-15)4-5-16-17-6-7-19(21(17,3)11-9-18(16)20)30-31(27,28)22(23,24)25;2*1-4-10-16(11-5-1)19(17-12-6-2-7-13-17)18-14-8-3-9-15-18;1-7(2)8-3-5-9(6-4-8)10(11)12;;;/h6-10,12,19,24-25,27-28H,11,13-18H2,1-5H3;4,7,15-18H,5-6,8-12H2,1-3H3;2*1-15H;3-7,11-12H,1-2H3;2*1H;/q;;;;;;;+2/p-2/t24-,25-,27-,28-,29-,30+;15-,16-,17-,18-,20-,21-;;;;;;/m00....../s1. The van der Waals surface area contributed by atoms with Gasteiger partial charge in [-0.3, -0.25) is 9.59 Å². The van der Waals surface area contributed by atoms with Crippen LogP contribution in [0.3, 0.4) is 0 Å². The van der Waals surface area contributed by atoms with Crippen molar-refractivity contribution in [3.63, 3.8) is 0 Å². The number of carbonyl (C=O) groups excluding carboxylic acids is 2. The molecule has 4 fully saturated rings. The van der Waals surface area contributed by atoms with E-state index in [0.717, 1.165) is 62.7 Å². The molecule has 0 saturated heterocycles. The summed E-state index contributed by atoms with van der Waals surface area (Å²) in [5.41, 5.74) is 3.55. The van der Waals surface area contributed by atoms with Crippen LogP contribution < -0.4 is 37.3 Å². The molecule has 0 aliphatic heterocycles. The summed E-state index contributed by atoms with van der Waals surface area (Å²) in [4.78, 5) is 22.9. The first kappa shape index (κ1) is 90.1. The molecule has 116 heavy (non-hydrogen) atoms. The Kier molecular flexibility index (Phi) is 31.1. The Bertz CT molecular complexity index is 4450. The SMILES string of the molecule is CC(=O)O[C@H]1CC[C@@]2(C)C(=CC[C@@H]3[C@@H]2CC[C@]2(C)C(OS(=O)(=O)C(F)(F)F)=CC[C@@H]32)C1.CC(=O)O[C@H]1CC[C@@]2(C)C(=CC[C@@H]3[C@@H]2CC[C@]2(C)C(c4ccc(C(C)C)cc4)=CC[C@@H]32)C1.CC(C)c1ccc(B(O)O)cc1.[Cl][Pd][Cl].c1ccc(P(c2ccccc2)c2ccccc2)cc1.c1ccc(P(c2ccccc2)c2ccccc2)cc1. The van der Waals surface area contributed by atoms with Gasteiger partial charge in [-0.15, -0.1) is 0 Å². The van der Waals surface area contributed by atoms with Crippen LogP contribution in [0.25, 0.3) is 5.57 Å². The van der Waals surface area contributed by atoms with E-state index >= 15 is 0 Å². The summed E-state index contributed by atoms with van der Waals surface area (Å²) in [6, 6.07) is 81.4. The third kappa shape index (κ3) is 21.2. The second-order valence-electron chi connectivity index (χ2n) is 33.7. The number of hydrogen-bond acceptors (Lipinski definition) is 9. The van der Waals surface area contributed by atoms with Crippen molar-refractivity contribution in [1.29, 1.82) is 0 Å². The Hall–Kier alpha value is -6.71. The maximum absolute atomic E-state index is 12.9. The van der Waals surface area contributed by atoms with E-state index in [1.54, 1.807) is 36.3 Å². The molecule has 9 nitrogen and oxygen atoms in total. The zero-order chi connectivity index (χ0) is 83.2. The molecule has 0 heterocycles. The van der Waals surface area contributed by atoms with Gasteiger partial charge in [0.05, 0.1) is 0 Å². The van der Waals surface area contributed by atoms with Crippen LogP contribution in [0.1, 0.15) is 188 Å². The molecular weight excluding hydrogens is 1650 g/mol. The van der Waals surface area contributed by atoms with E-state index in [2.05, 4.69) is 277 Å². The molecule has 0 unspecified atom stereocenters. The summed E-state index contributed by atoms with van der Waals surface area (Å²) in [6.07, 6.45) is 22.3. The van der Waals surface area contributed by atoms with Gasteiger partial charge in [0.25, 0.3) is 0 Å². The normalized spacial score (nSPS) is 26.0. The quantitative estimate of drug-likeness (QED) is 0.0272. The molecule has 12 atom stereocenters. The minimum atomic E-state index is -5.67. The van der Waals surface area contributed by atoms with Gasteiger partial charge in [0.2, 0.25) is 0 Å². The number of alkyl halides is 3. The molecule has 0 amide bonds. The first-order valence-electron chi connectivity index (χ1n) is 40.9. The van der Waals surface area contributed by atoms with Crippen LogP contribution in [0.15, 0.2) is 272 Å². The minimum Gasteiger partial charge on any atom is -0.0622 e. The fraction of sp³-hybridized carbons (Fsp3) is 0.402. The third-order valence-corrected chi connectivity index (χ3v) is 32.1. The Labute approximate surface area is 706 Å². The van der Waals surface area contributed by atoms with E-state index in [1.165, 1.54) is 93.1 Å². The largest absolute Gasteiger partial charge is 0.0622 e. The summed E-state index contributed by atoms with van der Waals surface area (Å²) in [5, 5.41) is 26.0. The van der Waals surface area contributed by atoms with Gasteiger partial charge in [0, 0.05) is 32.1 Å². The van der Waals surface area contributed by atoms with Crippen LogP contribution in [0.2, 0.25) is 0 Å². The maximum atomic E-state index is 12.9. The number of benzene rings is 8. The molecule has 4 saturated carbocycles. The molecule has 0 spiro atoms. The van der Waals surface area contributed by atoms with E-state index in [9.17, 15) is 31.2 Å². The molecule has 8 aromatic rings. The number of esters is 2. The molecule has 0 aromatic heterocycles. The van der Waals surface area contributed by atoms with Crippen molar-refractivity contribution < 1.29 is 70.8 Å². The Balaban J connectivity index is 0.000000146. The Morgan fingerprint density at radius 3 is 1.10 bits per heavy atom. The molecule has 2 N–H and O–H groups in total. The van der Waals surface area contributed by atoms with E-state index in [4.69, 9.17) is 38.6 Å². The molecule has 16 rings (SSSR count). The molecule has 0 radical (unpaired) electrons. The van der Waals surface area contributed by atoms with Gasteiger partial charge in [-0.2, -0.15) is 21.6 Å². The fourth-order valence-corrected chi connectivity index (χ4v) is 25.4. The Morgan fingerprint density at radius 2 is 0.776 bits per heavy atom. The van der Waals surface area contributed by atoms with Gasteiger partial charge in [-0.05, 0) is 222 Å². The van der Waals surface area contributed by atoms with Crippen molar-refractivity contribution >= 4 is 107 Å². The average Bonchev–Trinajstić information content (AvgIpc) is 1.49. The first-order chi connectivity index (χ1) is 55.4. The second kappa shape index (κ2) is 40.1. The van der Waals surface area contributed by atoms with Crippen LogP contribution in [-0.2, 0) is 49.3 Å². The predicted molar refractivity (Wildman–Crippen MR) is 470 cm³/mol. The van der Waals surface area contributed by atoms with Crippen LogP contribution >= 0.6 is 34.9 Å². The number of fused-ring (bicyclic) bond motifs is 10. The summed E-state index contributed by atoms with van der Waals surface area (Å²) in [5.74, 6) is 3.59. The molecule has 19 heteroatoms. The smallest absolute Gasteiger partial charge is 0.0134 e. The first-order valence-corrected chi connectivity index (χ1v) is 49.0. The second-order valence-corrected chi connectivity index (χ2v) is 42.1. The molecule has 618 valence electrons. The van der Waals surface area contributed by atoms with Crippen molar-refractivity contribution in [1.82, 2.24) is 0 Å². The number of hydrogen-bond donors (Lipinski definition) is 2. The van der Waals surface area contributed by atoms with Crippen molar-refractivity contribution in [2.75, 3.05) is 0 Å². The van der Waals surface area contributed by atoms with Crippen molar-refractivity contribution in [3.8, 4) is 0 Å². The maximum Gasteiger partial charge on any atom is -0.0134 e. The van der Waals surface area contributed by atoms with E-state index in [-0.39, 0.29) is 63.1 Å². The van der Waals surface area contributed by atoms with E-state index in [1.807, 2.05) is 19.1 Å². The molecule has 0 bridgehead atoms. The van der Waals surface area contributed by atoms with Crippen LogP contribution in [0.4, 0.5) is 13.2 Å². The zero-order valence-corrected chi connectivity index (χ0v) is 73.9. The van der Waals surface area contributed by atoms with Crippen molar-refractivity contribution in [2.45, 2.75) is 189 Å². The fourth-order valence-electron chi connectivity index (χ4n) is 20.2. The van der Waals surface area contributed by atoms with Crippen molar-refractivity contribution in [3.05, 3.63) is 288 Å². The molecular formula is C97H112BCl2F3O9P2PdS. The third-order valence-electron chi connectivity index (χ3n) is 26.2. The number of ether oxygens (including phenoxy) is 2. The van der Waals surface area contributed by atoms with Gasteiger partial charge in [-0.25, -0.2) is 0 Å². The summed E-state index contributed by atoms with van der Waals surface area (Å²) in [7, 11) is 1.71. The minimum absolute atomic E-state index is 0.0252. The monoisotopic (exact) mass is 1760 g/mol. The average molecular weight is 1760 g/mol. The molecule has 8 aliphatic rings. The number of rotatable bonds is 14. The number of halogens is 5. The van der Waals surface area contributed by atoms with Gasteiger partial charge in [-0.1, -0.05) is 315 Å². The summed E-state index contributed by atoms with van der Waals surface area (Å²) in [6.45, 7) is 20.9. The summed E-state index contributed by atoms with van der Waals surface area (Å²) >= 11 is -0.106. The van der Waals surface area contributed by atoms with Crippen molar-refractivity contribution in [2.24, 2.45) is 57.2 Å². The summed E-state index contributed by atoms with van der Waals surface area (Å²) < 4.78 is 77.5. The number of allylic oxidation sites excluding steroid dienone is 6. The topological polar surface area (TPSA) is 136 Å². The van der Waals surface area contributed by atoms with E-state index < -0.39 is 44.0 Å². The van der Waals surface area contributed by atoms with Gasteiger partial charge in [0.1, 0.15) is 18.0 Å². The predicted octanol–water partition coefficient (Wildman–Crippen LogP) is 21.7.